The predicted octanol–water partition coefficient (Wildman–Crippen LogP) is 2.94. The molecule has 0 heterocycles. The van der Waals surface area contributed by atoms with Crippen molar-refractivity contribution < 1.29 is 32.7 Å². The molecule has 0 aromatic carbocycles. The monoisotopic (exact) mass is 212 g/mol. The molecule has 55 valence electrons. The Labute approximate surface area is 88.3 Å². The van der Waals surface area contributed by atoms with Crippen molar-refractivity contribution in [3.05, 3.63) is 24.4 Å². The van der Waals surface area contributed by atoms with Crippen LogP contribution in [0.4, 0.5) is 0 Å². The van der Waals surface area contributed by atoms with Crippen molar-refractivity contribution in [2.75, 3.05) is 0 Å². The van der Waals surface area contributed by atoms with Gasteiger partial charge in [-0.15, -0.1) is 12.0 Å². The van der Waals surface area contributed by atoms with Crippen LogP contribution >= 0.6 is 0 Å². The van der Waals surface area contributed by atoms with Gasteiger partial charge in [-0.2, -0.15) is 12.6 Å². The van der Waals surface area contributed by atoms with Crippen molar-refractivity contribution >= 4 is 0 Å². The van der Waals surface area contributed by atoms with E-state index in [0.717, 1.165) is 0 Å². The fourth-order valence-electron chi connectivity index (χ4n) is 1.27. The molecule has 1 radical (unpaired) electrons. The summed E-state index contributed by atoms with van der Waals surface area (Å²) < 4.78 is 0. The molecule has 1 saturated carbocycles. The molecular weight excluding hydrogens is 199 g/mol. The minimum Gasteiger partial charge on any atom is -0.705 e. The Kier molecular flexibility index (Phi) is 6.77. The van der Waals surface area contributed by atoms with Crippen LogP contribution in [0.3, 0.4) is 0 Å². The van der Waals surface area contributed by atoms with Crippen LogP contribution in [0.1, 0.15) is 25.7 Å². The molecule has 1 unspecified atom stereocenters. The number of nitrogens with one attached hydrogen (secondary N) is 1. The molecule has 1 aliphatic carbocycles. The van der Waals surface area contributed by atoms with Gasteiger partial charge in [0.25, 0.3) is 0 Å². The summed E-state index contributed by atoms with van der Waals surface area (Å²) in [6.45, 7) is 0. The van der Waals surface area contributed by atoms with Crippen LogP contribution in [0.5, 0.6) is 0 Å². The fraction of sp³-hybridized carbons (Fsp3) is 0.625. The number of allylic oxidation sites excluding steroid dienone is 1. The molecule has 1 atom stereocenters. The van der Waals surface area contributed by atoms with Crippen molar-refractivity contribution in [2.45, 2.75) is 25.7 Å². The summed E-state index contributed by atoms with van der Waals surface area (Å²) >= 11 is 0. The molecule has 1 nitrogen and oxygen atoms in total. The molecule has 0 spiro atoms. The van der Waals surface area contributed by atoms with E-state index in [4.69, 9.17) is 5.73 Å². The average Bonchev–Trinajstić information content (AvgIpc) is 1.91. The summed E-state index contributed by atoms with van der Waals surface area (Å²) in [5.41, 5.74) is 6.84. The van der Waals surface area contributed by atoms with E-state index in [1.165, 1.54) is 31.9 Å². The SMILES string of the molecule is [NH-]/C=C\C1[CH-]CCCC1.[Y]. The first-order chi connectivity index (χ1) is 4.43. The molecule has 1 rings (SSSR count). The summed E-state index contributed by atoms with van der Waals surface area (Å²) in [6, 6.07) is 0. The zero-order chi connectivity index (χ0) is 6.53. The Morgan fingerprint density at radius 2 is 2.20 bits per heavy atom. The van der Waals surface area contributed by atoms with Crippen LogP contribution < -0.4 is 0 Å². The zero-order valence-corrected chi connectivity index (χ0v) is 9.05. The number of hydrogen-bond donors (Lipinski definition) is 0. The molecule has 0 amide bonds. The molecule has 10 heavy (non-hydrogen) atoms. The first-order valence-corrected chi connectivity index (χ1v) is 3.61. The standard InChI is InChI=1S/C8H13N.Y/c9-7-6-8-4-2-1-3-5-8;/h4,6-9H,1-3,5H2;/q-2;/b7-6-;. The Balaban J connectivity index is 0.000000810. The second-order valence-electron chi connectivity index (χ2n) is 2.54. The molecule has 1 aliphatic rings. The fourth-order valence-corrected chi connectivity index (χ4v) is 1.27. The predicted molar refractivity (Wildman–Crippen MR) is 39.7 cm³/mol. The minimum atomic E-state index is 0. The summed E-state index contributed by atoms with van der Waals surface area (Å²) in [6.07, 6.45) is 10.9. The van der Waals surface area contributed by atoms with Gasteiger partial charge in [-0.3, -0.25) is 0 Å². The second kappa shape index (κ2) is 6.36. The van der Waals surface area contributed by atoms with E-state index in [0.29, 0.717) is 5.92 Å². The van der Waals surface area contributed by atoms with Crippen LogP contribution in [-0.2, 0) is 32.7 Å². The normalized spacial score (nSPS) is 26.2. The maximum Gasteiger partial charge on any atom is 0 e. The minimum absolute atomic E-state index is 0. The van der Waals surface area contributed by atoms with E-state index in [1.807, 2.05) is 6.08 Å². The van der Waals surface area contributed by atoms with Gasteiger partial charge in [0.15, 0.2) is 0 Å². The van der Waals surface area contributed by atoms with Gasteiger partial charge in [-0.25, -0.2) is 0 Å². The van der Waals surface area contributed by atoms with Crippen LogP contribution in [0.25, 0.3) is 5.73 Å². The van der Waals surface area contributed by atoms with Crippen LogP contribution in [0, 0.1) is 12.3 Å². The molecule has 1 fully saturated rings. The smallest absolute Gasteiger partial charge is 0 e. The van der Waals surface area contributed by atoms with E-state index < -0.39 is 0 Å². The topological polar surface area (TPSA) is 23.8 Å². The maximum atomic E-state index is 6.84. The van der Waals surface area contributed by atoms with Gasteiger partial charge in [0.1, 0.15) is 0 Å². The summed E-state index contributed by atoms with van der Waals surface area (Å²) in [5.74, 6) is 0.608. The third-order valence-corrected chi connectivity index (χ3v) is 1.80. The van der Waals surface area contributed by atoms with Crippen molar-refractivity contribution in [1.29, 1.82) is 0 Å². The second-order valence-corrected chi connectivity index (χ2v) is 2.54. The Morgan fingerprint density at radius 3 is 2.70 bits per heavy atom. The molecule has 0 aromatic heterocycles. The van der Waals surface area contributed by atoms with Crippen LogP contribution in [0.15, 0.2) is 12.3 Å². The van der Waals surface area contributed by atoms with Crippen molar-refractivity contribution in [1.82, 2.24) is 0 Å². The molecule has 0 aromatic rings. The largest absolute Gasteiger partial charge is 0.705 e. The molecule has 0 aliphatic heterocycles. The maximum absolute atomic E-state index is 6.84. The van der Waals surface area contributed by atoms with Gasteiger partial charge in [0.05, 0.1) is 0 Å². The van der Waals surface area contributed by atoms with Gasteiger partial charge < -0.3 is 12.2 Å². The molecular formula is C8H13NY-2. The van der Waals surface area contributed by atoms with Gasteiger partial charge in [-0.05, 0) is 0 Å². The van der Waals surface area contributed by atoms with Gasteiger partial charge >= 0.3 is 0 Å². The number of hydrogen-bond acceptors (Lipinski definition) is 0. The number of rotatable bonds is 1. The first-order valence-electron chi connectivity index (χ1n) is 3.61. The zero-order valence-electron chi connectivity index (χ0n) is 6.22. The Hall–Kier alpha value is 0.644. The van der Waals surface area contributed by atoms with Gasteiger partial charge in [0, 0.05) is 32.7 Å². The Bertz CT molecular complexity index is 95.4. The summed E-state index contributed by atoms with van der Waals surface area (Å²) in [7, 11) is 0. The van der Waals surface area contributed by atoms with E-state index in [9.17, 15) is 0 Å². The van der Waals surface area contributed by atoms with E-state index >= 15 is 0 Å². The van der Waals surface area contributed by atoms with Gasteiger partial charge in [0.2, 0.25) is 0 Å². The molecule has 0 saturated heterocycles. The summed E-state index contributed by atoms with van der Waals surface area (Å²) in [5, 5.41) is 0. The van der Waals surface area contributed by atoms with Crippen molar-refractivity contribution in [2.24, 2.45) is 5.92 Å². The van der Waals surface area contributed by atoms with Crippen LogP contribution in [0.2, 0.25) is 0 Å². The van der Waals surface area contributed by atoms with E-state index in [2.05, 4.69) is 6.42 Å². The average molecular weight is 212 g/mol. The first kappa shape index (κ1) is 10.6. The van der Waals surface area contributed by atoms with Gasteiger partial charge in [-0.1, -0.05) is 19.3 Å². The van der Waals surface area contributed by atoms with Crippen molar-refractivity contribution in [3.63, 3.8) is 0 Å². The quantitative estimate of drug-likeness (QED) is 0.596. The van der Waals surface area contributed by atoms with E-state index in [-0.39, 0.29) is 32.7 Å². The molecule has 2 heteroatoms. The van der Waals surface area contributed by atoms with Crippen LogP contribution in [-0.4, -0.2) is 0 Å². The van der Waals surface area contributed by atoms with Crippen molar-refractivity contribution in [3.8, 4) is 0 Å². The third kappa shape index (κ3) is 3.73. The molecule has 1 N–H and O–H groups in total. The Morgan fingerprint density at radius 1 is 1.40 bits per heavy atom. The third-order valence-electron chi connectivity index (χ3n) is 1.80. The summed E-state index contributed by atoms with van der Waals surface area (Å²) in [4.78, 5) is 0. The molecule has 0 bridgehead atoms. The van der Waals surface area contributed by atoms with E-state index in [1.54, 1.807) is 0 Å².